The van der Waals surface area contributed by atoms with Crippen molar-refractivity contribution in [3.8, 4) is 5.75 Å². The minimum absolute atomic E-state index is 0. The third-order valence-electron chi connectivity index (χ3n) is 2.67. The molecular weight excluding hydrogens is 266 g/mol. The molecule has 4 nitrogen and oxygen atoms in total. The molecule has 0 aliphatic heterocycles. The second-order valence-corrected chi connectivity index (χ2v) is 4.52. The van der Waals surface area contributed by atoms with Crippen LogP contribution in [0.25, 0.3) is 0 Å². The fourth-order valence-corrected chi connectivity index (χ4v) is 1.63. The first-order chi connectivity index (χ1) is 8.52. The average molecular weight is 288 g/mol. The SMILES string of the molecule is CCc1ccc(OCCN(C)C)c(CC(=O)O)c1.Cl. The van der Waals surface area contributed by atoms with Gasteiger partial charge in [-0.1, -0.05) is 19.1 Å². The lowest BCUT2D eigenvalue weighted by Gasteiger charge is -2.14. The van der Waals surface area contributed by atoms with E-state index in [-0.39, 0.29) is 18.8 Å². The summed E-state index contributed by atoms with van der Waals surface area (Å²) in [7, 11) is 3.95. The van der Waals surface area contributed by atoms with E-state index in [1.807, 2.05) is 44.1 Å². The molecule has 0 fully saturated rings. The van der Waals surface area contributed by atoms with Gasteiger partial charge in [0.25, 0.3) is 0 Å². The van der Waals surface area contributed by atoms with Gasteiger partial charge in [-0.3, -0.25) is 4.79 Å². The van der Waals surface area contributed by atoms with Crippen LogP contribution in [0.5, 0.6) is 5.75 Å². The van der Waals surface area contributed by atoms with Gasteiger partial charge < -0.3 is 14.7 Å². The third-order valence-corrected chi connectivity index (χ3v) is 2.67. The first-order valence-corrected chi connectivity index (χ1v) is 6.14. The molecule has 5 heteroatoms. The number of rotatable bonds is 7. The summed E-state index contributed by atoms with van der Waals surface area (Å²) in [6.07, 6.45) is 0.899. The van der Waals surface area contributed by atoms with Crippen molar-refractivity contribution in [3.05, 3.63) is 29.3 Å². The van der Waals surface area contributed by atoms with Crippen LogP contribution in [-0.2, 0) is 17.6 Å². The van der Waals surface area contributed by atoms with Crippen LogP contribution in [0.1, 0.15) is 18.1 Å². The van der Waals surface area contributed by atoms with Crippen molar-refractivity contribution < 1.29 is 14.6 Å². The highest BCUT2D eigenvalue weighted by molar-refractivity contribution is 5.85. The number of carboxylic acids is 1. The van der Waals surface area contributed by atoms with Crippen LogP contribution >= 0.6 is 12.4 Å². The molecule has 1 rings (SSSR count). The van der Waals surface area contributed by atoms with E-state index in [0.717, 1.165) is 24.1 Å². The molecule has 0 amide bonds. The number of likely N-dealkylation sites (N-methyl/N-ethyl adjacent to an activating group) is 1. The lowest BCUT2D eigenvalue weighted by Crippen LogP contribution is -2.20. The van der Waals surface area contributed by atoms with Crippen LogP contribution in [0.4, 0.5) is 0 Å². The van der Waals surface area contributed by atoms with Gasteiger partial charge >= 0.3 is 5.97 Å². The maximum atomic E-state index is 10.8. The average Bonchev–Trinajstić information content (AvgIpc) is 2.29. The van der Waals surface area contributed by atoms with Crippen LogP contribution < -0.4 is 4.74 Å². The first kappa shape index (κ1) is 17.7. The van der Waals surface area contributed by atoms with Crippen LogP contribution in [0, 0.1) is 0 Å². The summed E-state index contributed by atoms with van der Waals surface area (Å²) in [6, 6.07) is 5.77. The predicted octanol–water partition coefficient (Wildman–Crippen LogP) is 2.24. The van der Waals surface area contributed by atoms with Crippen LogP contribution in [0.15, 0.2) is 18.2 Å². The molecule has 1 aromatic carbocycles. The van der Waals surface area contributed by atoms with Crippen molar-refractivity contribution >= 4 is 18.4 Å². The monoisotopic (exact) mass is 287 g/mol. The maximum absolute atomic E-state index is 10.8. The molecular formula is C14H22ClNO3. The molecule has 0 saturated carbocycles. The highest BCUT2D eigenvalue weighted by Gasteiger charge is 2.09. The van der Waals surface area contributed by atoms with Gasteiger partial charge in [-0.05, 0) is 32.1 Å². The van der Waals surface area contributed by atoms with Gasteiger partial charge in [0.2, 0.25) is 0 Å². The van der Waals surface area contributed by atoms with E-state index in [9.17, 15) is 4.79 Å². The van der Waals surface area contributed by atoms with Gasteiger partial charge in [-0.2, -0.15) is 0 Å². The topological polar surface area (TPSA) is 49.8 Å². The molecule has 1 N–H and O–H groups in total. The summed E-state index contributed by atoms with van der Waals surface area (Å²) in [4.78, 5) is 12.9. The number of hydrogen-bond acceptors (Lipinski definition) is 3. The number of halogens is 1. The largest absolute Gasteiger partial charge is 0.492 e. The smallest absolute Gasteiger partial charge is 0.307 e. The number of ether oxygens (including phenoxy) is 1. The summed E-state index contributed by atoms with van der Waals surface area (Å²) in [5.74, 6) is -0.155. The zero-order valence-electron chi connectivity index (χ0n) is 11.7. The molecule has 0 heterocycles. The fourth-order valence-electron chi connectivity index (χ4n) is 1.63. The van der Waals surface area contributed by atoms with Gasteiger partial charge in [0.15, 0.2) is 0 Å². The van der Waals surface area contributed by atoms with Crippen molar-refractivity contribution in [3.63, 3.8) is 0 Å². The summed E-state index contributed by atoms with van der Waals surface area (Å²) < 4.78 is 5.64. The van der Waals surface area contributed by atoms with E-state index in [0.29, 0.717) is 12.4 Å². The number of aliphatic carboxylic acids is 1. The van der Waals surface area contributed by atoms with Gasteiger partial charge in [-0.15, -0.1) is 12.4 Å². The number of hydrogen-bond donors (Lipinski definition) is 1. The van der Waals surface area contributed by atoms with E-state index in [2.05, 4.69) is 0 Å². The standard InChI is InChI=1S/C14H21NO3.ClH/c1-4-11-5-6-13(18-8-7-15(2)3)12(9-11)10-14(16)17;/h5-6,9H,4,7-8,10H2,1-3H3,(H,16,17);1H. The minimum Gasteiger partial charge on any atom is -0.492 e. The Morgan fingerprint density at radius 3 is 2.58 bits per heavy atom. The van der Waals surface area contributed by atoms with Gasteiger partial charge in [0.05, 0.1) is 6.42 Å². The lowest BCUT2D eigenvalue weighted by molar-refractivity contribution is -0.136. The molecule has 0 bridgehead atoms. The van der Waals surface area contributed by atoms with E-state index in [1.165, 1.54) is 0 Å². The molecule has 19 heavy (non-hydrogen) atoms. The highest BCUT2D eigenvalue weighted by atomic mass is 35.5. The number of carbonyl (C=O) groups is 1. The second-order valence-electron chi connectivity index (χ2n) is 4.52. The summed E-state index contributed by atoms with van der Waals surface area (Å²) >= 11 is 0. The molecule has 0 radical (unpaired) electrons. The van der Waals surface area contributed by atoms with Crippen LogP contribution in [-0.4, -0.2) is 43.2 Å². The molecule has 0 atom stereocenters. The molecule has 0 unspecified atom stereocenters. The third kappa shape index (κ3) is 6.45. The Balaban J connectivity index is 0.00000324. The number of benzene rings is 1. The van der Waals surface area contributed by atoms with Gasteiger partial charge in [-0.25, -0.2) is 0 Å². The van der Waals surface area contributed by atoms with E-state index >= 15 is 0 Å². The molecule has 0 aromatic heterocycles. The quantitative estimate of drug-likeness (QED) is 0.836. The Labute approximate surface area is 120 Å². The lowest BCUT2D eigenvalue weighted by atomic mass is 10.1. The maximum Gasteiger partial charge on any atom is 0.307 e. The van der Waals surface area contributed by atoms with Crippen molar-refractivity contribution in [2.75, 3.05) is 27.2 Å². The summed E-state index contributed by atoms with van der Waals surface area (Å²) in [5, 5.41) is 8.90. The predicted molar refractivity (Wildman–Crippen MR) is 78.5 cm³/mol. The molecule has 0 saturated heterocycles. The number of carboxylic acid groups (broad SMARTS) is 1. The minimum atomic E-state index is -0.833. The Kier molecular flexibility index (Phi) is 8.19. The Bertz CT molecular complexity index is 408. The number of aryl methyl sites for hydroxylation is 1. The van der Waals surface area contributed by atoms with Crippen LogP contribution in [0.3, 0.4) is 0 Å². The zero-order chi connectivity index (χ0) is 13.5. The van der Waals surface area contributed by atoms with Crippen molar-refractivity contribution in [1.29, 1.82) is 0 Å². The summed E-state index contributed by atoms with van der Waals surface area (Å²) in [5.41, 5.74) is 1.88. The number of nitrogens with zero attached hydrogens (tertiary/aromatic N) is 1. The molecule has 0 aliphatic rings. The zero-order valence-corrected chi connectivity index (χ0v) is 12.5. The second kappa shape index (κ2) is 8.77. The van der Waals surface area contributed by atoms with E-state index < -0.39 is 5.97 Å². The van der Waals surface area contributed by atoms with Gasteiger partial charge in [0, 0.05) is 12.1 Å². The van der Waals surface area contributed by atoms with Crippen molar-refractivity contribution in [1.82, 2.24) is 4.90 Å². The first-order valence-electron chi connectivity index (χ1n) is 6.14. The summed E-state index contributed by atoms with van der Waals surface area (Å²) in [6.45, 7) is 3.42. The molecule has 0 aliphatic carbocycles. The fraction of sp³-hybridized carbons (Fsp3) is 0.500. The Hall–Kier alpha value is -1.26. The highest BCUT2D eigenvalue weighted by Crippen LogP contribution is 2.21. The normalized spacial score (nSPS) is 10.1. The van der Waals surface area contributed by atoms with Crippen molar-refractivity contribution in [2.24, 2.45) is 0 Å². The van der Waals surface area contributed by atoms with Crippen LogP contribution in [0.2, 0.25) is 0 Å². The molecule has 0 spiro atoms. The molecule has 108 valence electrons. The Morgan fingerprint density at radius 2 is 2.05 bits per heavy atom. The Morgan fingerprint density at radius 1 is 1.37 bits per heavy atom. The van der Waals surface area contributed by atoms with E-state index in [1.54, 1.807) is 0 Å². The van der Waals surface area contributed by atoms with Gasteiger partial charge in [0.1, 0.15) is 12.4 Å². The van der Waals surface area contributed by atoms with E-state index in [4.69, 9.17) is 9.84 Å². The molecule has 1 aromatic rings. The van der Waals surface area contributed by atoms with Crippen molar-refractivity contribution in [2.45, 2.75) is 19.8 Å².